The molecule has 0 aromatic carbocycles. The summed E-state index contributed by atoms with van der Waals surface area (Å²) in [5.41, 5.74) is 1.13. The number of nitrogens with zero attached hydrogens (tertiary/aromatic N) is 2. The summed E-state index contributed by atoms with van der Waals surface area (Å²) in [5, 5.41) is 0. The Morgan fingerprint density at radius 1 is 1.36 bits per heavy atom. The summed E-state index contributed by atoms with van der Waals surface area (Å²) in [6.07, 6.45) is 3.62. The van der Waals surface area contributed by atoms with E-state index in [1.165, 1.54) is 0 Å². The first-order valence-electron chi connectivity index (χ1n) is 4.94. The molecule has 1 unspecified atom stereocenters. The van der Waals surface area contributed by atoms with E-state index in [4.69, 9.17) is 0 Å². The molecule has 0 spiro atoms. The van der Waals surface area contributed by atoms with Gasteiger partial charge in [0.15, 0.2) is 0 Å². The summed E-state index contributed by atoms with van der Waals surface area (Å²) in [5.74, 6) is 0. The fourth-order valence-electron chi connectivity index (χ4n) is 0.864. The number of pyridine rings is 1. The molecule has 0 fully saturated rings. The molecule has 76 valence electrons. The lowest BCUT2D eigenvalue weighted by Gasteiger charge is -2.23. The predicted molar refractivity (Wildman–Crippen MR) is 60.7 cm³/mol. The van der Waals surface area contributed by atoms with Crippen molar-refractivity contribution in [3.63, 3.8) is 0 Å². The smallest absolute Gasteiger partial charge is 0.0807 e. The van der Waals surface area contributed by atoms with Gasteiger partial charge in [0, 0.05) is 12.4 Å². The minimum absolute atomic E-state index is 0.214. The van der Waals surface area contributed by atoms with Crippen molar-refractivity contribution < 1.29 is 0 Å². The SMILES string of the molecule is CC(/N=C/c1ccccn1)C(C)(C)C. The molecule has 1 heterocycles. The molecule has 0 bridgehead atoms. The van der Waals surface area contributed by atoms with E-state index in [9.17, 15) is 0 Å². The van der Waals surface area contributed by atoms with Crippen LogP contribution in [-0.2, 0) is 0 Å². The first-order valence-corrected chi connectivity index (χ1v) is 4.94. The maximum Gasteiger partial charge on any atom is 0.0807 e. The van der Waals surface area contributed by atoms with E-state index in [1.807, 2.05) is 24.4 Å². The first-order chi connectivity index (χ1) is 6.50. The van der Waals surface area contributed by atoms with Gasteiger partial charge in [-0.15, -0.1) is 0 Å². The zero-order valence-corrected chi connectivity index (χ0v) is 9.36. The zero-order valence-electron chi connectivity index (χ0n) is 9.36. The van der Waals surface area contributed by atoms with Gasteiger partial charge in [0.05, 0.1) is 11.7 Å². The molecular formula is C12H18N2. The third-order valence-corrected chi connectivity index (χ3v) is 2.37. The lowest BCUT2D eigenvalue weighted by molar-refractivity contribution is 0.342. The average molecular weight is 190 g/mol. The Morgan fingerprint density at radius 3 is 2.57 bits per heavy atom. The van der Waals surface area contributed by atoms with Crippen LogP contribution in [0.2, 0.25) is 0 Å². The van der Waals surface area contributed by atoms with Crippen LogP contribution in [0.25, 0.3) is 0 Å². The molecule has 14 heavy (non-hydrogen) atoms. The van der Waals surface area contributed by atoms with Crippen LogP contribution in [0.15, 0.2) is 29.4 Å². The van der Waals surface area contributed by atoms with E-state index < -0.39 is 0 Å². The normalized spacial score (nSPS) is 14.6. The van der Waals surface area contributed by atoms with Crippen molar-refractivity contribution in [3.05, 3.63) is 30.1 Å². The summed E-state index contributed by atoms with van der Waals surface area (Å²) < 4.78 is 0. The third kappa shape index (κ3) is 3.29. The van der Waals surface area contributed by atoms with E-state index in [0.717, 1.165) is 5.69 Å². The van der Waals surface area contributed by atoms with Crippen molar-refractivity contribution in [2.45, 2.75) is 33.7 Å². The molecule has 0 aliphatic rings. The molecule has 1 aromatic rings. The molecule has 0 aliphatic carbocycles. The van der Waals surface area contributed by atoms with Gasteiger partial charge in [-0.25, -0.2) is 0 Å². The van der Waals surface area contributed by atoms with Crippen LogP contribution in [0.5, 0.6) is 0 Å². The maximum absolute atomic E-state index is 4.48. The lowest BCUT2D eigenvalue weighted by atomic mass is 9.88. The van der Waals surface area contributed by atoms with Crippen molar-refractivity contribution in [3.8, 4) is 0 Å². The van der Waals surface area contributed by atoms with Crippen LogP contribution >= 0.6 is 0 Å². The van der Waals surface area contributed by atoms with Crippen molar-refractivity contribution in [2.24, 2.45) is 10.4 Å². The number of aromatic nitrogens is 1. The fourth-order valence-corrected chi connectivity index (χ4v) is 0.864. The van der Waals surface area contributed by atoms with E-state index in [-0.39, 0.29) is 5.41 Å². The van der Waals surface area contributed by atoms with Crippen LogP contribution in [-0.4, -0.2) is 17.2 Å². The van der Waals surface area contributed by atoms with Gasteiger partial charge < -0.3 is 0 Å². The monoisotopic (exact) mass is 190 g/mol. The molecule has 0 amide bonds. The number of rotatable bonds is 2. The van der Waals surface area contributed by atoms with Gasteiger partial charge in [-0.3, -0.25) is 9.98 Å². The fraction of sp³-hybridized carbons (Fsp3) is 0.500. The average Bonchev–Trinajstić information content (AvgIpc) is 2.14. The van der Waals surface area contributed by atoms with E-state index in [2.05, 4.69) is 37.7 Å². The Morgan fingerprint density at radius 2 is 2.07 bits per heavy atom. The van der Waals surface area contributed by atoms with Gasteiger partial charge in [-0.1, -0.05) is 26.8 Å². The van der Waals surface area contributed by atoms with Crippen LogP contribution in [0.3, 0.4) is 0 Å². The van der Waals surface area contributed by atoms with Gasteiger partial charge in [0.1, 0.15) is 0 Å². The molecule has 2 nitrogen and oxygen atoms in total. The highest BCUT2D eigenvalue weighted by Crippen LogP contribution is 2.21. The zero-order chi connectivity index (χ0) is 10.6. The first kappa shape index (κ1) is 10.9. The Kier molecular flexibility index (Phi) is 3.39. The number of hydrogen-bond acceptors (Lipinski definition) is 2. The second-order valence-corrected chi connectivity index (χ2v) is 4.57. The van der Waals surface area contributed by atoms with Gasteiger partial charge in [-0.2, -0.15) is 0 Å². The minimum atomic E-state index is 0.214. The van der Waals surface area contributed by atoms with Crippen LogP contribution in [0.4, 0.5) is 0 Å². The molecule has 0 saturated carbocycles. The molecule has 2 heteroatoms. The molecule has 0 aliphatic heterocycles. The Hall–Kier alpha value is -1.18. The third-order valence-electron chi connectivity index (χ3n) is 2.37. The molecular weight excluding hydrogens is 172 g/mol. The molecule has 1 aromatic heterocycles. The van der Waals surface area contributed by atoms with Crippen LogP contribution in [0, 0.1) is 5.41 Å². The second-order valence-electron chi connectivity index (χ2n) is 4.57. The van der Waals surface area contributed by atoms with Crippen LogP contribution in [0.1, 0.15) is 33.4 Å². The molecule has 0 N–H and O–H groups in total. The van der Waals surface area contributed by atoms with Crippen LogP contribution < -0.4 is 0 Å². The number of hydrogen-bond donors (Lipinski definition) is 0. The minimum Gasteiger partial charge on any atom is -0.287 e. The van der Waals surface area contributed by atoms with Gasteiger partial charge >= 0.3 is 0 Å². The Balaban J connectivity index is 2.66. The summed E-state index contributed by atoms with van der Waals surface area (Å²) in [6, 6.07) is 6.14. The predicted octanol–water partition coefficient (Wildman–Crippen LogP) is 2.94. The van der Waals surface area contributed by atoms with Crippen molar-refractivity contribution in [1.29, 1.82) is 0 Å². The van der Waals surface area contributed by atoms with Gasteiger partial charge in [0.25, 0.3) is 0 Å². The summed E-state index contributed by atoms with van der Waals surface area (Å²) in [7, 11) is 0. The van der Waals surface area contributed by atoms with Gasteiger partial charge in [0.2, 0.25) is 0 Å². The summed E-state index contributed by atoms with van der Waals surface area (Å²) in [4.78, 5) is 8.66. The highest BCUT2D eigenvalue weighted by molar-refractivity contribution is 5.76. The summed E-state index contributed by atoms with van der Waals surface area (Å²) >= 11 is 0. The van der Waals surface area contributed by atoms with E-state index >= 15 is 0 Å². The molecule has 0 radical (unpaired) electrons. The number of aliphatic imine (C=N–C) groups is 1. The standard InChI is InChI=1S/C12H18N2/c1-10(12(2,3)4)14-9-11-7-5-6-8-13-11/h5-10H,1-4H3/b14-9+. The van der Waals surface area contributed by atoms with Crippen molar-refractivity contribution in [2.75, 3.05) is 0 Å². The van der Waals surface area contributed by atoms with Crippen molar-refractivity contribution >= 4 is 6.21 Å². The largest absolute Gasteiger partial charge is 0.287 e. The lowest BCUT2D eigenvalue weighted by Crippen LogP contribution is -2.20. The Labute approximate surface area is 86.1 Å². The second kappa shape index (κ2) is 4.36. The quantitative estimate of drug-likeness (QED) is 0.658. The van der Waals surface area contributed by atoms with E-state index in [0.29, 0.717) is 6.04 Å². The van der Waals surface area contributed by atoms with Gasteiger partial charge in [-0.05, 0) is 24.5 Å². The summed E-state index contributed by atoms with van der Waals surface area (Å²) in [6.45, 7) is 8.69. The topological polar surface area (TPSA) is 25.2 Å². The highest BCUT2D eigenvalue weighted by atomic mass is 14.8. The highest BCUT2D eigenvalue weighted by Gasteiger charge is 2.17. The molecule has 1 rings (SSSR count). The Bertz CT molecular complexity index is 296. The van der Waals surface area contributed by atoms with E-state index in [1.54, 1.807) is 6.20 Å². The maximum atomic E-state index is 4.48. The molecule has 1 atom stereocenters. The molecule has 0 saturated heterocycles. The van der Waals surface area contributed by atoms with Crippen molar-refractivity contribution in [1.82, 2.24) is 4.98 Å².